The maximum absolute atomic E-state index is 11.6. The highest BCUT2D eigenvalue weighted by atomic mass is 32.1. The van der Waals surface area contributed by atoms with Crippen molar-refractivity contribution < 1.29 is 4.79 Å². The molecule has 0 bridgehead atoms. The van der Waals surface area contributed by atoms with Gasteiger partial charge in [-0.2, -0.15) is 0 Å². The number of H-pyrrole nitrogens is 1. The van der Waals surface area contributed by atoms with E-state index in [0.717, 1.165) is 12.8 Å². The molecule has 0 radical (unpaired) electrons. The minimum absolute atomic E-state index is 0.0211. The minimum atomic E-state index is 0.0211. The average molecular weight is 231 g/mol. The predicted octanol–water partition coefficient (Wildman–Crippen LogP) is 2.58. The lowest BCUT2D eigenvalue weighted by Gasteiger charge is -2.09. The Morgan fingerprint density at radius 2 is 2.29 bits per heavy atom. The van der Waals surface area contributed by atoms with Gasteiger partial charge in [-0.3, -0.25) is 9.89 Å². The Kier molecular flexibility index (Phi) is 4.21. The van der Waals surface area contributed by atoms with Gasteiger partial charge >= 0.3 is 0 Å². The number of hydrogen-bond acceptors (Lipinski definition) is 4. The van der Waals surface area contributed by atoms with E-state index >= 15 is 0 Å². The Balaban J connectivity index is 2.60. The first kappa shape index (κ1) is 11.3. The van der Waals surface area contributed by atoms with E-state index in [9.17, 15) is 4.79 Å². The molecule has 0 unspecified atom stereocenters. The van der Waals surface area contributed by atoms with Gasteiger partial charge in [0.15, 0.2) is 3.95 Å². The highest BCUT2D eigenvalue weighted by molar-refractivity contribution is 7.73. The number of nitrogens with one attached hydrogen (secondary N) is 2. The van der Waals surface area contributed by atoms with Crippen LogP contribution in [0.15, 0.2) is 0 Å². The van der Waals surface area contributed by atoms with Crippen LogP contribution in [-0.4, -0.2) is 16.1 Å². The average Bonchev–Trinajstić information content (AvgIpc) is 2.53. The van der Waals surface area contributed by atoms with Crippen molar-refractivity contribution in [2.75, 3.05) is 5.32 Å². The molecule has 6 heteroatoms. The van der Waals surface area contributed by atoms with E-state index in [1.54, 1.807) is 0 Å². The zero-order valence-corrected chi connectivity index (χ0v) is 9.80. The quantitative estimate of drug-likeness (QED) is 0.783. The van der Waals surface area contributed by atoms with E-state index in [-0.39, 0.29) is 11.8 Å². The van der Waals surface area contributed by atoms with Crippen LogP contribution in [0.5, 0.6) is 0 Å². The molecule has 0 aliphatic rings. The lowest BCUT2D eigenvalue weighted by molar-refractivity contribution is -0.120. The second-order valence-electron chi connectivity index (χ2n) is 2.92. The van der Waals surface area contributed by atoms with Crippen LogP contribution in [0.3, 0.4) is 0 Å². The second kappa shape index (κ2) is 5.21. The Morgan fingerprint density at radius 3 is 2.71 bits per heavy atom. The highest BCUT2D eigenvalue weighted by Crippen LogP contribution is 2.15. The molecule has 1 heterocycles. The molecule has 78 valence electrons. The van der Waals surface area contributed by atoms with Crippen molar-refractivity contribution in [1.82, 2.24) is 10.2 Å². The Hall–Kier alpha value is -0.750. The van der Waals surface area contributed by atoms with Crippen LogP contribution in [0, 0.1) is 9.87 Å². The van der Waals surface area contributed by atoms with Crippen LogP contribution in [0.2, 0.25) is 0 Å². The van der Waals surface area contributed by atoms with Gasteiger partial charge in [-0.1, -0.05) is 25.2 Å². The van der Waals surface area contributed by atoms with E-state index in [1.165, 1.54) is 11.3 Å². The topological polar surface area (TPSA) is 57.8 Å². The number of nitrogens with zero attached hydrogens (tertiary/aromatic N) is 1. The fourth-order valence-corrected chi connectivity index (χ4v) is 1.94. The lowest BCUT2D eigenvalue weighted by atomic mass is 10.0. The largest absolute Gasteiger partial charge is 0.300 e. The molecular weight excluding hydrogens is 218 g/mol. The first-order valence-corrected chi connectivity index (χ1v) is 5.76. The summed E-state index contributed by atoms with van der Waals surface area (Å²) in [7, 11) is 0. The van der Waals surface area contributed by atoms with Crippen molar-refractivity contribution >= 4 is 34.6 Å². The molecule has 1 amide bonds. The first-order valence-electron chi connectivity index (χ1n) is 4.53. The molecule has 1 aromatic heterocycles. The zero-order valence-electron chi connectivity index (χ0n) is 8.16. The van der Waals surface area contributed by atoms with Crippen LogP contribution < -0.4 is 5.32 Å². The van der Waals surface area contributed by atoms with Crippen molar-refractivity contribution in [3.63, 3.8) is 0 Å². The Bertz CT molecular complexity index is 353. The first-order chi connectivity index (χ1) is 6.67. The van der Waals surface area contributed by atoms with Crippen molar-refractivity contribution in [3.8, 4) is 0 Å². The van der Waals surface area contributed by atoms with Gasteiger partial charge in [0.05, 0.1) is 0 Å². The predicted molar refractivity (Wildman–Crippen MR) is 60.0 cm³/mol. The second-order valence-corrected chi connectivity index (χ2v) is 4.59. The van der Waals surface area contributed by atoms with Crippen LogP contribution in [0.4, 0.5) is 5.13 Å². The summed E-state index contributed by atoms with van der Waals surface area (Å²) < 4.78 is 0.574. The Labute approximate surface area is 91.7 Å². The molecule has 0 saturated carbocycles. The molecule has 1 aromatic rings. The summed E-state index contributed by atoms with van der Waals surface area (Å²) in [5.41, 5.74) is 0. The summed E-state index contributed by atoms with van der Waals surface area (Å²) in [5, 5.41) is 9.76. The van der Waals surface area contributed by atoms with E-state index < -0.39 is 0 Å². The number of rotatable bonds is 4. The number of aromatic amines is 1. The number of aromatic nitrogens is 2. The monoisotopic (exact) mass is 231 g/mol. The molecule has 0 aromatic carbocycles. The zero-order chi connectivity index (χ0) is 10.6. The third-order valence-corrected chi connectivity index (χ3v) is 3.03. The molecule has 2 N–H and O–H groups in total. The number of carbonyl (C=O) groups excluding carboxylic acids is 1. The van der Waals surface area contributed by atoms with E-state index in [2.05, 4.69) is 15.5 Å². The molecule has 0 fully saturated rings. The summed E-state index contributed by atoms with van der Waals surface area (Å²) >= 11 is 6.13. The van der Waals surface area contributed by atoms with Gasteiger partial charge in [0.2, 0.25) is 11.0 Å². The summed E-state index contributed by atoms with van der Waals surface area (Å²) in [6.45, 7) is 4.00. The van der Waals surface area contributed by atoms with E-state index in [0.29, 0.717) is 9.09 Å². The van der Waals surface area contributed by atoms with Gasteiger partial charge in [-0.05, 0) is 25.1 Å². The van der Waals surface area contributed by atoms with Crippen LogP contribution >= 0.6 is 23.6 Å². The van der Waals surface area contributed by atoms with Gasteiger partial charge in [0, 0.05) is 5.92 Å². The molecule has 14 heavy (non-hydrogen) atoms. The van der Waals surface area contributed by atoms with Gasteiger partial charge in [0.1, 0.15) is 0 Å². The number of hydrogen-bond donors (Lipinski definition) is 2. The Morgan fingerprint density at radius 1 is 1.64 bits per heavy atom. The summed E-state index contributed by atoms with van der Waals surface area (Å²) in [5.74, 6) is 0.0835. The molecule has 0 saturated heterocycles. The number of amides is 1. The van der Waals surface area contributed by atoms with E-state index in [4.69, 9.17) is 12.2 Å². The fourth-order valence-electron chi connectivity index (χ4n) is 1.15. The number of anilines is 1. The third kappa shape index (κ3) is 2.88. The smallest absolute Gasteiger partial charge is 0.229 e. The van der Waals surface area contributed by atoms with Gasteiger partial charge in [0.25, 0.3) is 0 Å². The molecular formula is C8H13N3OS2. The van der Waals surface area contributed by atoms with Gasteiger partial charge in [-0.25, -0.2) is 0 Å². The maximum Gasteiger partial charge on any atom is 0.229 e. The summed E-state index contributed by atoms with van der Waals surface area (Å²) in [6, 6.07) is 0. The summed E-state index contributed by atoms with van der Waals surface area (Å²) in [4.78, 5) is 11.6. The number of carbonyl (C=O) groups is 1. The van der Waals surface area contributed by atoms with Crippen LogP contribution in [-0.2, 0) is 4.79 Å². The lowest BCUT2D eigenvalue weighted by Crippen LogP contribution is -2.21. The molecule has 0 aliphatic heterocycles. The van der Waals surface area contributed by atoms with Crippen LogP contribution in [0.25, 0.3) is 0 Å². The SMILES string of the molecule is CCC(CC)C(=O)Nc1n[nH]c(=S)s1. The third-order valence-electron chi connectivity index (χ3n) is 2.02. The van der Waals surface area contributed by atoms with Gasteiger partial charge in [-0.15, -0.1) is 5.10 Å². The normalized spacial score (nSPS) is 10.5. The molecule has 1 rings (SSSR count). The van der Waals surface area contributed by atoms with Crippen molar-refractivity contribution in [2.45, 2.75) is 26.7 Å². The molecule has 0 aliphatic carbocycles. The molecule has 4 nitrogen and oxygen atoms in total. The minimum Gasteiger partial charge on any atom is -0.300 e. The van der Waals surface area contributed by atoms with E-state index in [1.807, 2.05) is 13.8 Å². The van der Waals surface area contributed by atoms with Gasteiger partial charge < -0.3 is 5.32 Å². The van der Waals surface area contributed by atoms with Crippen molar-refractivity contribution in [1.29, 1.82) is 0 Å². The fraction of sp³-hybridized carbons (Fsp3) is 0.625. The summed E-state index contributed by atoms with van der Waals surface area (Å²) in [6.07, 6.45) is 1.69. The van der Waals surface area contributed by atoms with Crippen molar-refractivity contribution in [2.24, 2.45) is 5.92 Å². The van der Waals surface area contributed by atoms with Crippen LogP contribution in [0.1, 0.15) is 26.7 Å². The van der Waals surface area contributed by atoms with Crippen molar-refractivity contribution in [3.05, 3.63) is 3.95 Å². The highest BCUT2D eigenvalue weighted by Gasteiger charge is 2.14. The standard InChI is InChI=1S/C8H13N3OS2/c1-3-5(4-2)6(12)9-7-10-11-8(13)14-7/h5H,3-4H2,1-2H3,(H,11,13)(H,9,10,12). The molecule has 0 atom stereocenters. The maximum atomic E-state index is 11.6. The molecule has 0 spiro atoms.